The molecule has 7 nitrogen and oxygen atoms in total. The predicted octanol–water partition coefficient (Wildman–Crippen LogP) is 2.78. The molecular weight excluding hydrogens is 316 g/mol. The van der Waals surface area contributed by atoms with Gasteiger partial charge in [-0.15, -0.1) is 0 Å². The number of nitrogens with zero attached hydrogens (tertiary/aromatic N) is 4. The number of likely N-dealkylation sites (tertiary alicyclic amines) is 1. The number of H-pyrrole nitrogens is 1. The number of rotatable bonds is 6. The first-order chi connectivity index (χ1) is 12.1. The van der Waals surface area contributed by atoms with Crippen LogP contribution in [0, 0.1) is 0 Å². The van der Waals surface area contributed by atoms with E-state index in [1.165, 1.54) is 0 Å². The maximum absolute atomic E-state index is 12.8. The van der Waals surface area contributed by atoms with E-state index < -0.39 is 0 Å². The highest BCUT2D eigenvalue weighted by atomic mass is 16.2. The van der Waals surface area contributed by atoms with Crippen molar-refractivity contribution < 1.29 is 4.79 Å². The van der Waals surface area contributed by atoms with E-state index in [9.17, 15) is 4.79 Å². The Morgan fingerprint density at radius 3 is 2.96 bits per heavy atom. The number of anilines is 1. The monoisotopic (exact) mass is 344 g/mol. The van der Waals surface area contributed by atoms with E-state index in [0.29, 0.717) is 5.92 Å². The van der Waals surface area contributed by atoms with E-state index in [-0.39, 0.29) is 18.0 Å². The van der Waals surface area contributed by atoms with Gasteiger partial charge in [0.1, 0.15) is 5.82 Å². The molecule has 3 atom stereocenters. The predicted molar refractivity (Wildman–Crippen MR) is 97.5 cm³/mol. The fourth-order valence-corrected chi connectivity index (χ4v) is 3.44. The highest BCUT2D eigenvalue weighted by molar-refractivity contribution is 5.93. The largest absolute Gasteiger partial charge is 0.310 e. The maximum Gasteiger partial charge on any atom is 0.242 e. The second-order valence-electron chi connectivity index (χ2n) is 6.93. The number of piperidine rings is 1. The topological polar surface area (TPSA) is 78.8 Å². The molecule has 3 rings (SSSR count). The van der Waals surface area contributed by atoms with Crippen LogP contribution in [0.4, 0.5) is 5.82 Å². The van der Waals surface area contributed by atoms with Gasteiger partial charge in [-0.3, -0.25) is 14.8 Å². The number of aromatic nitrogens is 4. The zero-order valence-electron chi connectivity index (χ0n) is 15.3. The lowest BCUT2D eigenvalue weighted by Crippen LogP contribution is -2.46. The Labute approximate surface area is 148 Å². The molecule has 0 saturated carbocycles. The molecule has 1 aliphatic heterocycles. The summed E-state index contributed by atoms with van der Waals surface area (Å²) in [7, 11) is 0. The summed E-state index contributed by atoms with van der Waals surface area (Å²) in [5, 5.41) is 14.5. The highest BCUT2D eigenvalue weighted by Gasteiger charge is 2.29. The van der Waals surface area contributed by atoms with Crippen molar-refractivity contribution in [3.63, 3.8) is 0 Å². The van der Waals surface area contributed by atoms with E-state index in [1.807, 2.05) is 23.7 Å². The van der Waals surface area contributed by atoms with Crippen molar-refractivity contribution in [1.29, 1.82) is 0 Å². The van der Waals surface area contributed by atoms with E-state index >= 15 is 0 Å². The van der Waals surface area contributed by atoms with Crippen LogP contribution in [-0.2, 0) is 4.79 Å². The van der Waals surface area contributed by atoms with Crippen LogP contribution >= 0.6 is 0 Å². The van der Waals surface area contributed by atoms with Gasteiger partial charge < -0.3 is 5.32 Å². The molecule has 3 unspecified atom stereocenters. The molecule has 1 fully saturated rings. The third kappa shape index (κ3) is 3.92. The zero-order chi connectivity index (χ0) is 17.8. The summed E-state index contributed by atoms with van der Waals surface area (Å²) in [6.45, 7) is 8.02. The highest BCUT2D eigenvalue weighted by Crippen LogP contribution is 2.26. The summed E-state index contributed by atoms with van der Waals surface area (Å²) < 4.78 is 1.88. The van der Waals surface area contributed by atoms with Gasteiger partial charge >= 0.3 is 0 Å². The van der Waals surface area contributed by atoms with Gasteiger partial charge in [-0.25, -0.2) is 4.68 Å². The van der Waals surface area contributed by atoms with Gasteiger partial charge in [0.25, 0.3) is 0 Å². The quantitative estimate of drug-likeness (QED) is 0.844. The van der Waals surface area contributed by atoms with Crippen LogP contribution in [0.25, 0.3) is 0 Å². The molecule has 7 heteroatoms. The Bertz CT molecular complexity index is 680. The maximum atomic E-state index is 12.8. The molecule has 2 aromatic rings. The van der Waals surface area contributed by atoms with Crippen LogP contribution in [0.3, 0.4) is 0 Å². The molecule has 1 aliphatic rings. The molecule has 0 aromatic carbocycles. The van der Waals surface area contributed by atoms with E-state index in [2.05, 4.69) is 39.4 Å². The van der Waals surface area contributed by atoms with Crippen molar-refractivity contribution in [2.45, 2.75) is 58.0 Å². The average Bonchev–Trinajstić information content (AvgIpc) is 3.32. The third-order valence-electron chi connectivity index (χ3n) is 5.27. The molecule has 0 bridgehead atoms. The van der Waals surface area contributed by atoms with Crippen LogP contribution in [0.15, 0.2) is 24.5 Å². The third-order valence-corrected chi connectivity index (χ3v) is 5.27. The zero-order valence-corrected chi connectivity index (χ0v) is 15.3. The smallest absolute Gasteiger partial charge is 0.242 e. The normalized spacial score (nSPS) is 21.0. The summed E-state index contributed by atoms with van der Waals surface area (Å²) in [5.41, 5.74) is 1.16. The van der Waals surface area contributed by atoms with Crippen molar-refractivity contribution in [3.8, 4) is 0 Å². The summed E-state index contributed by atoms with van der Waals surface area (Å²) >= 11 is 0. The van der Waals surface area contributed by atoms with E-state index in [1.54, 1.807) is 12.4 Å². The van der Waals surface area contributed by atoms with Crippen LogP contribution < -0.4 is 5.32 Å². The van der Waals surface area contributed by atoms with E-state index in [4.69, 9.17) is 0 Å². The van der Waals surface area contributed by atoms with Crippen LogP contribution in [0.5, 0.6) is 0 Å². The van der Waals surface area contributed by atoms with Crippen molar-refractivity contribution >= 4 is 11.7 Å². The summed E-state index contributed by atoms with van der Waals surface area (Å²) in [6.07, 6.45) is 6.72. The molecule has 136 valence electrons. The number of hydrogen-bond acceptors (Lipinski definition) is 4. The van der Waals surface area contributed by atoms with Crippen molar-refractivity contribution in [2.75, 3.05) is 18.4 Å². The second-order valence-corrected chi connectivity index (χ2v) is 6.93. The number of nitrogens with one attached hydrogen (secondary N) is 2. The standard InChI is InChI=1S/C18H28N6O/c1-4-13(2)24-17(8-10-20-24)21-18(25)14(3)23-11-5-6-15(12-23)16-7-9-19-22-16/h7-10,13-15H,4-6,11-12H2,1-3H3,(H,19,22)(H,21,25). The minimum atomic E-state index is -0.175. The Hall–Kier alpha value is -2.15. The fraction of sp³-hybridized carbons (Fsp3) is 0.611. The SMILES string of the molecule is CCC(C)n1nccc1NC(=O)C(C)N1CCCC(c2ccn[nH]2)C1. The second kappa shape index (κ2) is 7.82. The lowest BCUT2D eigenvalue weighted by Gasteiger charge is -2.35. The van der Waals surface area contributed by atoms with Gasteiger partial charge in [0.2, 0.25) is 5.91 Å². The number of aromatic amines is 1. The van der Waals surface area contributed by atoms with Crippen molar-refractivity contribution in [1.82, 2.24) is 24.9 Å². The summed E-state index contributed by atoms with van der Waals surface area (Å²) in [4.78, 5) is 15.0. The molecule has 0 radical (unpaired) electrons. The Kier molecular flexibility index (Phi) is 5.53. The van der Waals surface area contributed by atoms with Crippen LogP contribution in [-0.4, -0.2) is 49.9 Å². The number of carbonyl (C=O) groups excluding carboxylic acids is 1. The molecule has 25 heavy (non-hydrogen) atoms. The molecule has 0 aliphatic carbocycles. The first kappa shape index (κ1) is 17.7. The minimum absolute atomic E-state index is 0.0234. The van der Waals surface area contributed by atoms with Gasteiger partial charge in [0.05, 0.1) is 18.3 Å². The van der Waals surface area contributed by atoms with Gasteiger partial charge in [-0.1, -0.05) is 6.92 Å². The average molecular weight is 344 g/mol. The van der Waals surface area contributed by atoms with Gasteiger partial charge in [-0.2, -0.15) is 10.2 Å². The molecule has 2 N–H and O–H groups in total. The first-order valence-corrected chi connectivity index (χ1v) is 9.17. The molecular formula is C18H28N6O. The Morgan fingerprint density at radius 1 is 1.40 bits per heavy atom. The number of carbonyl (C=O) groups is 1. The minimum Gasteiger partial charge on any atom is -0.310 e. The lowest BCUT2D eigenvalue weighted by atomic mass is 9.94. The first-order valence-electron chi connectivity index (χ1n) is 9.17. The number of hydrogen-bond donors (Lipinski definition) is 2. The van der Waals surface area contributed by atoms with Gasteiger partial charge in [0.15, 0.2) is 0 Å². The van der Waals surface area contributed by atoms with Crippen LogP contribution in [0.2, 0.25) is 0 Å². The van der Waals surface area contributed by atoms with Gasteiger partial charge in [0, 0.05) is 30.4 Å². The molecule has 1 saturated heterocycles. The summed E-state index contributed by atoms with van der Waals surface area (Å²) in [6, 6.07) is 3.98. The molecule has 0 spiro atoms. The molecule has 2 aromatic heterocycles. The van der Waals surface area contributed by atoms with Crippen LogP contribution in [0.1, 0.15) is 57.7 Å². The Balaban J connectivity index is 1.63. The lowest BCUT2D eigenvalue weighted by molar-refractivity contribution is -0.121. The Morgan fingerprint density at radius 2 is 2.24 bits per heavy atom. The molecule has 3 heterocycles. The number of amides is 1. The van der Waals surface area contributed by atoms with E-state index in [0.717, 1.165) is 43.9 Å². The molecule has 1 amide bonds. The van der Waals surface area contributed by atoms with Gasteiger partial charge in [-0.05, 0) is 45.7 Å². The van der Waals surface area contributed by atoms with Crippen molar-refractivity contribution in [2.24, 2.45) is 0 Å². The fourth-order valence-electron chi connectivity index (χ4n) is 3.44. The summed E-state index contributed by atoms with van der Waals surface area (Å²) in [5.74, 6) is 1.21. The van der Waals surface area contributed by atoms with Crippen molar-refractivity contribution in [3.05, 3.63) is 30.2 Å².